The van der Waals surface area contributed by atoms with E-state index in [0.717, 1.165) is 16.3 Å². The van der Waals surface area contributed by atoms with Crippen LogP contribution in [-0.2, 0) is 4.79 Å². The molecule has 1 aliphatic carbocycles. The number of nitrogens with zero attached hydrogens (tertiary/aromatic N) is 4. The molecule has 6 nitrogen and oxygen atoms in total. The zero-order valence-electron chi connectivity index (χ0n) is 20.1. The van der Waals surface area contributed by atoms with Gasteiger partial charge in [0.25, 0.3) is 0 Å². The second kappa shape index (κ2) is 10.4. The first-order valence-corrected chi connectivity index (χ1v) is 12.7. The quantitative estimate of drug-likeness (QED) is 0.481. The van der Waals surface area contributed by atoms with Gasteiger partial charge in [-0.2, -0.15) is 0 Å². The summed E-state index contributed by atoms with van der Waals surface area (Å²) in [6.07, 6.45) is 5.30. The van der Waals surface area contributed by atoms with Gasteiger partial charge in [0.2, 0.25) is 11.9 Å². The van der Waals surface area contributed by atoms with Crippen LogP contribution in [0, 0.1) is 12.1 Å². The van der Waals surface area contributed by atoms with Crippen LogP contribution < -0.4 is 5.32 Å². The average molecular weight is 506 g/mol. The Morgan fingerprint density at radius 1 is 1.25 bits per heavy atom. The Kier molecular flexibility index (Phi) is 7.08. The molecule has 1 saturated carbocycles. The summed E-state index contributed by atoms with van der Waals surface area (Å²) in [5.41, 5.74) is 0.297. The molecule has 1 aromatic heterocycles. The Morgan fingerprint density at radius 2 is 2.00 bits per heavy atom. The average Bonchev–Trinajstić information content (AvgIpc) is 2.91. The van der Waals surface area contributed by atoms with Crippen LogP contribution in [0.5, 0.6) is 0 Å². The fraction of sp³-hybridized carbons (Fsp3) is 0.393. The summed E-state index contributed by atoms with van der Waals surface area (Å²) in [7, 11) is 0. The molecule has 1 saturated heterocycles. The lowest BCUT2D eigenvalue weighted by molar-refractivity contribution is -0.128. The number of carbonyl (C=O) groups is 1. The summed E-state index contributed by atoms with van der Waals surface area (Å²) in [6.45, 7) is 6.57. The molecule has 2 aliphatic rings. The summed E-state index contributed by atoms with van der Waals surface area (Å²) >= 11 is 6.48. The number of hydrogen-bond acceptors (Lipinski definition) is 5. The maximum atomic E-state index is 15.7. The molecule has 0 bridgehead atoms. The zero-order chi connectivity index (χ0) is 25.1. The first kappa shape index (κ1) is 24.5. The van der Waals surface area contributed by atoms with E-state index in [4.69, 9.17) is 16.6 Å². The van der Waals surface area contributed by atoms with Gasteiger partial charge in [-0.25, -0.2) is 14.4 Å². The first-order valence-electron chi connectivity index (χ1n) is 12.4. The molecule has 0 atom stereocenters. The highest BCUT2D eigenvalue weighted by molar-refractivity contribution is 6.33. The van der Waals surface area contributed by atoms with Gasteiger partial charge in [0, 0.05) is 55.1 Å². The van der Waals surface area contributed by atoms with Crippen LogP contribution in [-0.4, -0.2) is 70.1 Å². The van der Waals surface area contributed by atoms with Crippen molar-refractivity contribution >= 4 is 34.2 Å². The van der Waals surface area contributed by atoms with E-state index in [2.05, 4.69) is 33.9 Å². The summed E-state index contributed by atoms with van der Waals surface area (Å²) in [6, 6.07) is 16.0. The molecule has 3 aromatic rings. The minimum Gasteiger partial charge on any atom is -0.351 e. The van der Waals surface area contributed by atoms with E-state index < -0.39 is 5.67 Å². The summed E-state index contributed by atoms with van der Waals surface area (Å²) in [5.74, 6) is 0.436. The van der Waals surface area contributed by atoms with Crippen molar-refractivity contribution in [1.82, 2.24) is 19.8 Å². The fourth-order valence-electron chi connectivity index (χ4n) is 5.19. The molecule has 2 fully saturated rings. The minimum absolute atomic E-state index is 0.0549. The number of carbonyl (C=O) groups excluding carboxylic acids is 1. The van der Waals surface area contributed by atoms with E-state index in [9.17, 15) is 4.79 Å². The fourth-order valence-corrected chi connectivity index (χ4v) is 5.38. The van der Waals surface area contributed by atoms with Crippen LogP contribution in [0.3, 0.4) is 0 Å². The SMILES string of the molecule is C=CC(=O)N1CCN(CC2(F)CCC(Nc3ncc(Cl)c(-c4cc#cc5ccccc45)n3)CC2)CC1. The number of alkyl halides is 1. The molecule has 1 aliphatic heterocycles. The summed E-state index contributed by atoms with van der Waals surface area (Å²) in [5, 5.41) is 5.81. The van der Waals surface area contributed by atoms with Gasteiger partial charge in [0.15, 0.2) is 0 Å². The van der Waals surface area contributed by atoms with Crippen molar-refractivity contribution in [2.75, 3.05) is 38.0 Å². The maximum Gasteiger partial charge on any atom is 0.246 e. The van der Waals surface area contributed by atoms with E-state index in [-0.39, 0.29) is 11.9 Å². The van der Waals surface area contributed by atoms with Crippen LogP contribution in [0.4, 0.5) is 10.3 Å². The van der Waals surface area contributed by atoms with E-state index in [1.54, 1.807) is 11.1 Å². The third-order valence-corrected chi connectivity index (χ3v) is 7.50. The third-order valence-electron chi connectivity index (χ3n) is 7.22. The van der Waals surface area contributed by atoms with Gasteiger partial charge >= 0.3 is 0 Å². The molecule has 186 valence electrons. The Balaban J connectivity index is 1.20. The normalized spacial score (nSPS) is 22.7. The van der Waals surface area contributed by atoms with Crippen molar-refractivity contribution in [3.8, 4) is 11.3 Å². The number of rotatable bonds is 6. The smallest absolute Gasteiger partial charge is 0.246 e. The van der Waals surface area contributed by atoms with Crippen molar-refractivity contribution in [2.45, 2.75) is 37.4 Å². The molecular formula is C28H29ClFN5O. The molecule has 1 N–H and O–H groups in total. The molecule has 0 unspecified atom stereocenters. The Bertz CT molecular complexity index is 1250. The number of halogens is 2. The highest BCUT2D eigenvalue weighted by Gasteiger charge is 2.38. The summed E-state index contributed by atoms with van der Waals surface area (Å²) < 4.78 is 15.7. The predicted molar refractivity (Wildman–Crippen MR) is 141 cm³/mol. The molecule has 2 heterocycles. The molecular weight excluding hydrogens is 477 g/mol. The lowest BCUT2D eigenvalue weighted by Gasteiger charge is -2.41. The largest absolute Gasteiger partial charge is 0.351 e. The standard InChI is InChI=1S/C28H29ClFN5O/c1-2-25(36)35-16-14-34(15-17-35)19-28(30)12-10-21(11-13-28)32-27-31-18-24(29)26(33-27)23-9-5-7-20-6-3-4-8-22(20)23/h2-4,6,8-9,18,21H,1,10-17,19H2,(H,31,32,33). The number of aromatic nitrogens is 2. The third kappa shape index (κ3) is 5.30. The van der Waals surface area contributed by atoms with Gasteiger partial charge in [-0.15, -0.1) is 0 Å². The highest BCUT2D eigenvalue weighted by Crippen LogP contribution is 2.35. The van der Waals surface area contributed by atoms with Crippen LogP contribution in [0.15, 0.2) is 49.2 Å². The maximum absolute atomic E-state index is 15.7. The lowest BCUT2D eigenvalue weighted by atomic mass is 9.83. The molecule has 2 aromatic carbocycles. The van der Waals surface area contributed by atoms with Crippen LogP contribution in [0.2, 0.25) is 5.02 Å². The van der Waals surface area contributed by atoms with Crippen molar-refractivity contribution in [3.63, 3.8) is 0 Å². The second-order valence-electron chi connectivity index (χ2n) is 9.64. The van der Waals surface area contributed by atoms with Crippen molar-refractivity contribution < 1.29 is 9.18 Å². The minimum atomic E-state index is -1.22. The number of benzene rings is 1. The van der Waals surface area contributed by atoms with Gasteiger partial charge < -0.3 is 10.2 Å². The highest BCUT2D eigenvalue weighted by atomic mass is 35.5. The van der Waals surface area contributed by atoms with Crippen molar-refractivity contribution in [1.29, 1.82) is 0 Å². The predicted octanol–water partition coefficient (Wildman–Crippen LogP) is 4.94. The Labute approximate surface area is 216 Å². The topological polar surface area (TPSA) is 61.4 Å². The number of piperazine rings is 1. The van der Waals surface area contributed by atoms with Gasteiger partial charge in [0.05, 0.1) is 16.9 Å². The van der Waals surface area contributed by atoms with Crippen molar-refractivity contribution in [3.05, 3.63) is 66.3 Å². The summed E-state index contributed by atoms with van der Waals surface area (Å²) in [4.78, 5) is 24.8. The molecule has 1 amide bonds. The monoisotopic (exact) mass is 505 g/mol. The lowest BCUT2D eigenvalue weighted by Crippen LogP contribution is -2.53. The Hall–Kier alpha value is -3.21. The first-order chi connectivity index (χ1) is 17.4. The van der Waals surface area contributed by atoms with Gasteiger partial charge in [-0.3, -0.25) is 9.69 Å². The molecule has 0 spiro atoms. The van der Waals surface area contributed by atoms with Crippen LogP contribution in [0.1, 0.15) is 25.7 Å². The van der Waals surface area contributed by atoms with Gasteiger partial charge in [-0.05, 0) is 43.9 Å². The van der Waals surface area contributed by atoms with Crippen LogP contribution in [0.25, 0.3) is 22.0 Å². The number of fused-ring (bicyclic) bond motifs is 1. The van der Waals surface area contributed by atoms with Gasteiger partial charge in [0.1, 0.15) is 5.67 Å². The van der Waals surface area contributed by atoms with E-state index in [1.807, 2.05) is 30.3 Å². The molecule has 0 radical (unpaired) electrons. The van der Waals surface area contributed by atoms with Gasteiger partial charge in [-0.1, -0.05) is 48.5 Å². The molecule has 8 heteroatoms. The number of amides is 1. The second-order valence-corrected chi connectivity index (χ2v) is 10.0. The number of hydrogen-bond donors (Lipinski definition) is 1. The van der Waals surface area contributed by atoms with E-state index >= 15 is 4.39 Å². The number of anilines is 1. The molecule has 36 heavy (non-hydrogen) atoms. The zero-order valence-corrected chi connectivity index (χ0v) is 20.9. The van der Waals surface area contributed by atoms with Crippen molar-refractivity contribution in [2.24, 2.45) is 0 Å². The molecule has 5 rings (SSSR count). The number of nitrogens with one attached hydrogen (secondary N) is 1. The Morgan fingerprint density at radius 3 is 2.75 bits per heavy atom. The van der Waals surface area contributed by atoms with E-state index in [0.29, 0.717) is 75.1 Å². The van der Waals surface area contributed by atoms with Crippen LogP contribution >= 0.6 is 11.6 Å². The van der Waals surface area contributed by atoms with E-state index in [1.165, 1.54) is 6.08 Å².